The van der Waals surface area contributed by atoms with E-state index in [0.29, 0.717) is 5.39 Å². The number of furan rings is 1. The summed E-state index contributed by atoms with van der Waals surface area (Å²) in [7, 11) is 0. The lowest BCUT2D eigenvalue weighted by Crippen LogP contribution is -2.22. The highest BCUT2D eigenvalue weighted by molar-refractivity contribution is 5.87. The van der Waals surface area contributed by atoms with Gasteiger partial charge in [-0.2, -0.15) is 0 Å². The monoisotopic (exact) mass is 223 g/mol. The average molecular weight is 223 g/mol. The van der Waals surface area contributed by atoms with Gasteiger partial charge in [-0.1, -0.05) is 0 Å². The number of carboxylic acids is 1. The van der Waals surface area contributed by atoms with Crippen LogP contribution in [0, 0.1) is 5.82 Å². The Kier molecular flexibility index (Phi) is 2.62. The summed E-state index contributed by atoms with van der Waals surface area (Å²) in [6.07, 6.45) is 1.39. The summed E-state index contributed by atoms with van der Waals surface area (Å²) in [6, 6.07) is 4.40. The molecule has 1 aromatic carbocycles. The number of carbonyl (C=O) groups is 1. The molecule has 4 nitrogen and oxygen atoms in total. The molecule has 0 saturated carbocycles. The molecule has 0 spiro atoms. The van der Waals surface area contributed by atoms with Crippen molar-refractivity contribution in [3.8, 4) is 0 Å². The Hall–Kier alpha value is -1.88. The topological polar surface area (TPSA) is 76.5 Å². The number of carboxylic acid groups (broad SMARTS) is 1. The summed E-state index contributed by atoms with van der Waals surface area (Å²) in [5.41, 5.74) is 5.60. The van der Waals surface area contributed by atoms with Crippen molar-refractivity contribution in [3.05, 3.63) is 35.8 Å². The van der Waals surface area contributed by atoms with Crippen LogP contribution in [0.1, 0.15) is 11.5 Å². The second-order valence-electron chi connectivity index (χ2n) is 3.43. The fraction of sp³-hybridized carbons (Fsp3) is 0.182. The van der Waals surface area contributed by atoms with Gasteiger partial charge in [0.15, 0.2) is 0 Å². The maximum Gasteiger partial charge on any atom is 0.312 e. The minimum Gasteiger partial charge on any atom is -0.481 e. The lowest BCUT2D eigenvalue weighted by atomic mass is 9.97. The first-order valence-electron chi connectivity index (χ1n) is 4.73. The van der Waals surface area contributed by atoms with E-state index in [1.807, 2.05) is 0 Å². The molecular formula is C11H10FNO3. The SMILES string of the molecule is NCC(C(=O)O)c1c(F)ccc2ccoc12. The van der Waals surface area contributed by atoms with Crippen LogP contribution in [0.2, 0.25) is 0 Å². The molecule has 0 fully saturated rings. The summed E-state index contributed by atoms with van der Waals surface area (Å²) < 4.78 is 18.7. The van der Waals surface area contributed by atoms with E-state index in [0.717, 1.165) is 0 Å². The van der Waals surface area contributed by atoms with Crippen molar-refractivity contribution in [2.24, 2.45) is 5.73 Å². The number of hydrogen-bond acceptors (Lipinski definition) is 3. The Balaban J connectivity index is 2.69. The normalized spacial score (nSPS) is 12.9. The molecule has 2 aromatic rings. The second-order valence-corrected chi connectivity index (χ2v) is 3.43. The molecule has 0 saturated heterocycles. The Morgan fingerprint density at radius 3 is 2.88 bits per heavy atom. The Morgan fingerprint density at radius 1 is 1.50 bits per heavy atom. The fourth-order valence-electron chi connectivity index (χ4n) is 1.70. The quantitative estimate of drug-likeness (QED) is 0.830. The minimum absolute atomic E-state index is 0.0116. The van der Waals surface area contributed by atoms with Crippen molar-refractivity contribution in [1.82, 2.24) is 0 Å². The van der Waals surface area contributed by atoms with Gasteiger partial charge in [0, 0.05) is 17.5 Å². The summed E-state index contributed by atoms with van der Waals surface area (Å²) >= 11 is 0. The third-order valence-electron chi connectivity index (χ3n) is 2.49. The highest BCUT2D eigenvalue weighted by Gasteiger charge is 2.25. The molecule has 5 heteroatoms. The van der Waals surface area contributed by atoms with Crippen molar-refractivity contribution < 1.29 is 18.7 Å². The van der Waals surface area contributed by atoms with Crippen LogP contribution in [0.15, 0.2) is 28.9 Å². The zero-order valence-corrected chi connectivity index (χ0v) is 8.31. The van der Waals surface area contributed by atoms with Crippen LogP contribution in [0.4, 0.5) is 4.39 Å². The van der Waals surface area contributed by atoms with Crippen LogP contribution in [-0.4, -0.2) is 17.6 Å². The number of rotatable bonds is 3. The van der Waals surface area contributed by atoms with Crippen LogP contribution < -0.4 is 5.73 Å². The maximum absolute atomic E-state index is 13.6. The van der Waals surface area contributed by atoms with Gasteiger partial charge in [0.1, 0.15) is 17.3 Å². The van der Waals surface area contributed by atoms with Gasteiger partial charge in [-0.15, -0.1) is 0 Å². The first-order chi connectivity index (χ1) is 7.65. The fourth-order valence-corrected chi connectivity index (χ4v) is 1.70. The maximum atomic E-state index is 13.6. The van der Waals surface area contributed by atoms with Crippen molar-refractivity contribution in [2.45, 2.75) is 5.92 Å². The molecule has 0 bridgehead atoms. The van der Waals surface area contributed by atoms with Gasteiger partial charge in [-0.25, -0.2) is 4.39 Å². The first-order valence-corrected chi connectivity index (χ1v) is 4.73. The van der Waals surface area contributed by atoms with Crippen LogP contribution in [0.3, 0.4) is 0 Å². The predicted octanol–water partition coefficient (Wildman–Crippen LogP) is 1.70. The standard InChI is InChI=1S/C11H10FNO3/c12-8-2-1-6-3-4-16-10(6)9(8)7(5-13)11(14)15/h1-4,7H,5,13H2,(H,14,15). The van der Waals surface area contributed by atoms with Crippen molar-refractivity contribution in [2.75, 3.05) is 6.54 Å². The molecule has 3 N–H and O–H groups in total. The van der Waals surface area contributed by atoms with Crippen molar-refractivity contribution in [3.63, 3.8) is 0 Å². The van der Waals surface area contributed by atoms with E-state index in [9.17, 15) is 9.18 Å². The van der Waals surface area contributed by atoms with Crippen LogP contribution in [0.25, 0.3) is 11.0 Å². The third-order valence-corrected chi connectivity index (χ3v) is 2.49. The van der Waals surface area contributed by atoms with E-state index < -0.39 is 17.7 Å². The van der Waals surface area contributed by atoms with E-state index in [2.05, 4.69) is 0 Å². The van der Waals surface area contributed by atoms with E-state index in [-0.39, 0.29) is 17.7 Å². The lowest BCUT2D eigenvalue weighted by Gasteiger charge is -2.11. The Bertz CT molecular complexity index is 535. The van der Waals surface area contributed by atoms with E-state index in [1.165, 1.54) is 18.4 Å². The third kappa shape index (κ3) is 1.55. The molecule has 2 rings (SSSR count). The van der Waals surface area contributed by atoms with Gasteiger partial charge in [0.25, 0.3) is 0 Å². The van der Waals surface area contributed by atoms with Crippen molar-refractivity contribution in [1.29, 1.82) is 0 Å². The molecule has 84 valence electrons. The smallest absolute Gasteiger partial charge is 0.312 e. The molecule has 1 unspecified atom stereocenters. The average Bonchev–Trinajstić information content (AvgIpc) is 2.69. The lowest BCUT2D eigenvalue weighted by molar-refractivity contribution is -0.138. The zero-order valence-electron chi connectivity index (χ0n) is 8.31. The van der Waals surface area contributed by atoms with Gasteiger partial charge in [-0.3, -0.25) is 4.79 Å². The second kappa shape index (κ2) is 3.94. The van der Waals surface area contributed by atoms with E-state index in [4.69, 9.17) is 15.3 Å². The van der Waals surface area contributed by atoms with Gasteiger partial charge in [0.05, 0.1) is 6.26 Å². The van der Waals surface area contributed by atoms with E-state index >= 15 is 0 Å². The molecule has 1 aromatic heterocycles. The number of benzene rings is 1. The molecule has 0 aliphatic rings. The van der Waals surface area contributed by atoms with E-state index in [1.54, 1.807) is 6.07 Å². The molecule has 0 aliphatic heterocycles. The molecule has 1 atom stereocenters. The molecule has 16 heavy (non-hydrogen) atoms. The minimum atomic E-state index is -1.16. The molecule has 1 heterocycles. The Labute approximate surface area is 90.5 Å². The van der Waals surface area contributed by atoms with Crippen LogP contribution >= 0.6 is 0 Å². The summed E-state index contributed by atoms with van der Waals surface area (Å²) in [4.78, 5) is 11.0. The largest absolute Gasteiger partial charge is 0.481 e. The molecule has 0 amide bonds. The highest BCUT2D eigenvalue weighted by Crippen LogP contribution is 2.29. The predicted molar refractivity (Wildman–Crippen MR) is 55.6 cm³/mol. The van der Waals surface area contributed by atoms with Gasteiger partial charge in [-0.05, 0) is 18.2 Å². The van der Waals surface area contributed by atoms with Crippen LogP contribution in [-0.2, 0) is 4.79 Å². The van der Waals surface area contributed by atoms with Crippen molar-refractivity contribution >= 4 is 16.9 Å². The molecule has 0 aliphatic carbocycles. The van der Waals surface area contributed by atoms with Gasteiger partial charge in [0.2, 0.25) is 0 Å². The highest BCUT2D eigenvalue weighted by atomic mass is 19.1. The summed E-state index contributed by atoms with van der Waals surface area (Å²) in [6.45, 7) is -0.175. The number of aliphatic carboxylic acids is 1. The first kappa shape index (κ1) is 10.6. The summed E-state index contributed by atoms with van der Waals surface area (Å²) in [5, 5.41) is 9.62. The molecule has 0 radical (unpaired) electrons. The van der Waals surface area contributed by atoms with Crippen LogP contribution in [0.5, 0.6) is 0 Å². The Morgan fingerprint density at radius 2 is 2.25 bits per heavy atom. The molecular weight excluding hydrogens is 213 g/mol. The number of fused-ring (bicyclic) bond motifs is 1. The summed E-state index contributed by atoms with van der Waals surface area (Å²) in [5.74, 6) is -2.86. The number of halogens is 1. The number of hydrogen-bond donors (Lipinski definition) is 2. The number of nitrogens with two attached hydrogens (primary N) is 1. The van der Waals surface area contributed by atoms with Gasteiger partial charge < -0.3 is 15.3 Å². The van der Waals surface area contributed by atoms with Gasteiger partial charge >= 0.3 is 5.97 Å². The zero-order chi connectivity index (χ0) is 11.7.